The molecule has 0 aliphatic rings. The van der Waals surface area contributed by atoms with Crippen molar-refractivity contribution in [3.8, 4) is 5.75 Å². The summed E-state index contributed by atoms with van der Waals surface area (Å²) in [4.78, 5) is 11.7. The van der Waals surface area contributed by atoms with Crippen LogP contribution < -0.4 is 15.4 Å². The van der Waals surface area contributed by atoms with E-state index in [4.69, 9.17) is 9.84 Å². The minimum absolute atomic E-state index is 0.0827. The summed E-state index contributed by atoms with van der Waals surface area (Å²) in [5, 5.41) is 14.3. The predicted molar refractivity (Wildman–Crippen MR) is 78.7 cm³/mol. The zero-order chi connectivity index (χ0) is 15.9. The summed E-state index contributed by atoms with van der Waals surface area (Å²) >= 11 is 0. The Balaban J connectivity index is 2.44. The molecule has 1 aromatic carbocycles. The molecule has 2 amide bonds. The van der Waals surface area contributed by atoms with Gasteiger partial charge in [0.25, 0.3) is 0 Å². The summed E-state index contributed by atoms with van der Waals surface area (Å²) in [6, 6.07) is 3.96. The number of hydrogen-bond donors (Lipinski definition) is 3. The second-order valence-corrected chi connectivity index (χ2v) is 5.67. The molecular weight excluding hydrogens is 275 g/mol. The number of ether oxygens (including phenoxy) is 1. The summed E-state index contributed by atoms with van der Waals surface area (Å²) in [6.45, 7) is 4.66. The Kier molecular flexibility index (Phi) is 6.42. The van der Waals surface area contributed by atoms with Crippen molar-refractivity contribution < 1.29 is 19.0 Å². The molecule has 3 N–H and O–H groups in total. The van der Waals surface area contributed by atoms with Crippen LogP contribution in [0.5, 0.6) is 5.75 Å². The SMILES string of the molecule is COc1cc(F)cc(CNC(=O)NCC(C)(C)CCO)c1. The van der Waals surface area contributed by atoms with Crippen LogP contribution in [0, 0.1) is 11.2 Å². The minimum atomic E-state index is -0.407. The maximum absolute atomic E-state index is 13.3. The van der Waals surface area contributed by atoms with Gasteiger partial charge in [0.2, 0.25) is 0 Å². The first kappa shape index (κ1) is 17.2. The van der Waals surface area contributed by atoms with Gasteiger partial charge in [0, 0.05) is 25.8 Å². The van der Waals surface area contributed by atoms with Crippen LogP contribution in [0.25, 0.3) is 0 Å². The van der Waals surface area contributed by atoms with Crippen LogP contribution in [-0.4, -0.2) is 31.4 Å². The van der Waals surface area contributed by atoms with E-state index in [0.717, 1.165) is 0 Å². The molecule has 1 aromatic rings. The quantitative estimate of drug-likeness (QED) is 0.721. The lowest BCUT2D eigenvalue weighted by Crippen LogP contribution is -2.40. The van der Waals surface area contributed by atoms with E-state index in [-0.39, 0.29) is 24.6 Å². The number of carbonyl (C=O) groups is 1. The fourth-order valence-corrected chi connectivity index (χ4v) is 1.80. The molecule has 21 heavy (non-hydrogen) atoms. The Labute approximate surface area is 124 Å². The van der Waals surface area contributed by atoms with Gasteiger partial charge >= 0.3 is 6.03 Å². The van der Waals surface area contributed by atoms with Crippen LogP contribution in [-0.2, 0) is 6.54 Å². The normalized spacial score (nSPS) is 11.1. The number of nitrogens with one attached hydrogen (secondary N) is 2. The monoisotopic (exact) mass is 298 g/mol. The zero-order valence-electron chi connectivity index (χ0n) is 12.7. The van der Waals surface area contributed by atoms with Gasteiger partial charge in [0.1, 0.15) is 11.6 Å². The van der Waals surface area contributed by atoms with Gasteiger partial charge < -0.3 is 20.5 Å². The molecule has 0 bridgehead atoms. The number of aliphatic hydroxyl groups excluding tert-OH is 1. The maximum Gasteiger partial charge on any atom is 0.315 e. The molecule has 0 saturated carbocycles. The summed E-state index contributed by atoms with van der Waals surface area (Å²) in [6.07, 6.45) is 0.606. The van der Waals surface area contributed by atoms with E-state index in [1.165, 1.54) is 19.2 Å². The topological polar surface area (TPSA) is 70.6 Å². The van der Waals surface area contributed by atoms with Crippen molar-refractivity contribution in [3.63, 3.8) is 0 Å². The van der Waals surface area contributed by atoms with Crippen LogP contribution >= 0.6 is 0 Å². The molecule has 6 heteroatoms. The van der Waals surface area contributed by atoms with E-state index < -0.39 is 5.82 Å². The predicted octanol–water partition coefficient (Wildman–Crippen LogP) is 2.04. The molecule has 0 atom stereocenters. The Hall–Kier alpha value is -1.82. The van der Waals surface area contributed by atoms with E-state index >= 15 is 0 Å². The molecule has 1 rings (SSSR count). The fourth-order valence-electron chi connectivity index (χ4n) is 1.80. The van der Waals surface area contributed by atoms with Gasteiger partial charge in [0.15, 0.2) is 0 Å². The molecule has 0 heterocycles. The molecule has 5 nitrogen and oxygen atoms in total. The highest BCUT2D eigenvalue weighted by molar-refractivity contribution is 5.73. The third-order valence-corrected chi connectivity index (χ3v) is 3.14. The maximum atomic E-state index is 13.3. The van der Waals surface area contributed by atoms with Crippen LogP contribution in [0.15, 0.2) is 18.2 Å². The number of urea groups is 1. The van der Waals surface area contributed by atoms with Crippen molar-refractivity contribution in [1.82, 2.24) is 10.6 Å². The van der Waals surface area contributed by atoms with Gasteiger partial charge in [-0.15, -0.1) is 0 Å². The van der Waals surface area contributed by atoms with Crippen molar-refractivity contribution in [1.29, 1.82) is 0 Å². The molecule has 0 fully saturated rings. The van der Waals surface area contributed by atoms with Gasteiger partial charge in [-0.25, -0.2) is 9.18 Å². The van der Waals surface area contributed by atoms with Gasteiger partial charge in [-0.05, 0) is 29.5 Å². The molecule has 0 aliphatic heterocycles. The average molecular weight is 298 g/mol. The number of benzene rings is 1. The second kappa shape index (κ2) is 7.83. The van der Waals surface area contributed by atoms with Crippen molar-refractivity contribution in [2.75, 3.05) is 20.3 Å². The number of aliphatic hydroxyl groups is 1. The van der Waals surface area contributed by atoms with Crippen molar-refractivity contribution in [3.05, 3.63) is 29.6 Å². The van der Waals surface area contributed by atoms with Crippen LogP contribution in [0.2, 0.25) is 0 Å². The van der Waals surface area contributed by atoms with E-state index in [2.05, 4.69) is 10.6 Å². The standard InChI is InChI=1S/C15H23FN2O3/c1-15(2,4-5-19)10-18-14(20)17-9-11-6-12(16)8-13(7-11)21-3/h6-8,19H,4-5,9-10H2,1-3H3,(H2,17,18,20). The fraction of sp³-hybridized carbons (Fsp3) is 0.533. The summed E-state index contributed by atoms with van der Waals surface area (Å²) in [7, 11) is 1.46. The summed E-state index contributed by atoms with van der Waals surface area (Å²) in [5.74, 6) is 0.00641. The van der Waals surface area contributed by atoms with Crippen molar-refractivity contribution >= 4 is 6.03 Å². The molecule has 0 saturated heterocycles. The highest BCUT2D eigenvalue weighted by Crippen LogP contribution is 2.18. The number of rotatable bonds is 7. The molecule has 0 radical (unpaired) electrons. The Morgan fingerprint density at radius 1 is 1.33 bits per heavy atom. The number of methoxy groups -OCH3 is 1. The molecule has 0 unspecified atom stereocenters. The first-order valence-corrected chi connectivity index (χ1v) is 6.82. The Morgan fingerprint density at radius 3 is 2.67 bits per heavy atom. The van der Waals surface area contributed by atoms with E-state index in [9.17, 15) is 9.18 Å². The lowest BCUT2D eigenvalue weighted by Gasteiger charge is -2.23. The molecule has 0 aromatic heterocycles. The minimum Gasteiger partial charge on any atom is -0.497 e. The summed E-state index contributed by atoms with van der Waals surface area (Å²) < 4.78 is 18.3. The highest BCUT2D eigenvalue weighted by Gasteiger charge is 2.17. The average Bonchev–Trinajstić information content (AvgIpc) is 2.42. The number of halogens is 1. The number of carbonyl (C=O) groups excluding carboxylic acids is 1. The van der Waals surface area contributed by atoms with Gasteiger partial charge in [-0.1, -0.05) is 13.8 Å². The molecule has 118 valence electrons. The zero-order valence-corrected chi connectivity index (χ0v) is 12.7. The number of amides is 2. The van der Waals surface area contributed by atoms with E-state index in [1.54, 1.807) is 6.07 Å². The molecular formula is C15H23FN2O3. The van der Waals surface area contributed by atoms with Gasteiger partial charge in [-0.3, -0.25) is 0 Å². The first-order chi connectivity index (χ1) is 9.86. The molecule has 0 spiro atoms. The van der Waals surface area contributed by atoms with Crippen molar-refractivity contribution in [2.24, 2.45) is 5.41 Å². The van der Waals surface area contributed by atoms with Crippen LogP contribution in [0.4, 0.5) is 9.18 Å². The lowest BCUT2D eigenvalue weighted by atomic mass is 9.90. The van der Waals surface area contributed by atoms with Crippen molar-refractivity contribution in [2.45, 2.75) is 26.8 Å². The smallest absolute Gasteiger partial charge is 0.315 e. The Bertz CT molecular complexity index is 478. The first-order valence-electron chi connectivity index (χ1n) is 6.82. The van der Waals surface area contributed by atoms with E-state index in [1.807, 2.05) is 13.8 Å². The van der Waals surface area contributed by atoms with Gasteiger partial charge in [-0.2, -0.15) is 0 Å². The lowest BCUT2D eigenvalue weighted by molar-refractivity contribution is 0.201. The molecule has 0 aliphatic carbocycles. The Morgan fingerprint density at radius 2 is 2.05 bits per heavy atom. The number of hydrogen-bond acceptors (Lipinski definition) is 3. The second-order valence-electron chi connectivity index (χ2n) is 5.67. The van der Waals surface area contributed by atoms with E-state index in [0.29, 0.717) is 24.3 Å². The van der Waals surface area contributed by atoms with Crippen LogP contribution in [0.1, 0.15) is 25.8 Å². The highest BCUT2D eigenvalue weighted by atomic mass is 19.1. The third kappa shape index (κ3) is 6.44. The summed E-state index contributed by atoms with van der Waals surface area (Å²) in [5.41, 5.74) is 0.449. The van der Waals surface area contributed by atoms with Crippen LogP contribution in [0.3, 0.4) is 0 Å². The largest absolute Gasteiger partial charge is 0.497 e. The van der Waals surface area contributed by atoms with Gasteiger partial charge in [0.05, 0.1) is 7.11 Å². The third-order valence-electron chi connectivity index (χ3n) is 3.14.